The Hall–Kier alpha value is -0.470. The Bertz CT molecular complexity index is 446. The van der Waals surface area contributed by atoms with E-state index in [1.54, 1.807) is 0 Å². The van der Waals surface area contributed by atoms with E-state index in [0.717, 1.165) is 0 Å². The van der Waals surface area contributed by atoms with Crippen molar-refractivity contribution in [2.24, 2.45) is 0 Å². The molecular formula is C6H14O14P2. The Kier molecular flexibility index (Phi) is 7.71. The van der Waals surface area contributed by atoms with E-state index in [1.165, 1.54) is 0 Å². The van der Waals surface area contributed by atoms with Crippen LogP contribution in [-0.2, 0) is 23.0 Å². The van der Waals surface area contributed by atoms with Gasteiger partial charge < -0.3 is 49.8 Å². The normalized spacial score (nSPS) is 32.8. The lowest BCUT2D eigenvalue weighted by molar-refractivity contribution is -0.279. The highest BCUT2D eigenvalue weighted by Gasteiger charge is 2.46. The van der Waals surface area contributed by atoms with Gasteiger partial charge in [-0.1, -0.05) is 0 Å². The average molecular weight is 372 g/mol. The number of hydrogen-bond acceptors (Lipinski definition) is 9. The largest absolute Gasteiger partial charge is 0.479 e. The van der Waals surface area contributed by atoms with Crippen molar-refractivity contribution >= 4 is 21.6 Å². The topological polar surface area (TPSA) is 252 Å². The van der Waals surface area contributed by atoms with E-state index in [9.17, 15) is 13.9 Å². The highest BCUT2D eigenvalue weighted by Crippen LogP contribution is 2.53. The summed E-state index contributed by atoms with van der Waals surface area (Å²) in [6.07, 6.45) is -8.72. The molecule has 5 atom stereocenters. The molecule has 0 aromatic rings. The first kappa shape index (κ1) is 21.5. The number of rotatable bonds is 3. The minimum Gasteiger partial charge on any atom is -0.479 e. The molecule has 1 heterocycles. The summed E-state index contributed by atoms with van der Waals surface area (Å²) in [6.45, 7) is 0. The Morgan fingerprint density at radius 3 is 1.55 bits per heavy atom. The molecule has 14 nitrogen and oxygen atoms in total. The molecule has 0 saturated carbocycles. The standard InChI is InChI=1S/C6H10O7.H4O7P2/c7-1-2(8)4(5(10)11)13-6(12)3(1)9;1-8(2,3)7-9(4,5)6/h1-4,6-9,12H,(H,10,11);(H2,1,2,3)(H2,4,5,6)/t1-,2-,3+,4-,6?;/m0./s1. The molecule has 1 aliphatic heterocycles. The molecule has 1 saturated heterocycles. The number of carboxylic acid groups (broad SMARTS) is 1. The van der Waals surface area contributed by atoms with Gasteiger partial charge in [-0.2, -0.15) is 4.31 Å². The second-order valence-corrected chi connectivity index (χ2v) is 6.44. The van der Waals surface area contributed by atoms with Crippen molar-refractivity contribution in [2.45, 2.75) is 30.7 Å². The van der Waals surface area contributed by atoms with Gasteiger partial charge in [-0.3, -0.25) is 0 Å². The molecular weight excluding hydrogens is 358 g/mol. The molecule has 1 unspecified atom stereocenters. The van der Waals surface area contributed by atoms with Crippen molar-refractivity contribution in [1.29, 1.82) is 0 Å². The van der Waals surface area contributed by atoms with Crippen molar-refractivity contribution in [2.75, 3.05) is 0 Å². The van der Waals surface area contributed by atoms with Crippen LogP contribution in [0, 0.1) is 0 Å². The number of aliphatic hydroxyl groups is 4. The zero-order valence-corrected chi connectivity index (χ0v) is 12.1. The van der Waals surface area contributed by atoms with E-state index in [0.29, 0.717) is 0 Å². The lowest BCUT2D eigenvalue weighted by atomic mass is 9.99. The van der Waals surface area contributed by atoms with Crippen molar-refractivity contribution < 1.29 is 68.1 Å². The monoisotopic (exact) mass is 372 g/mol. The summed E-state index contributed by atoms with van der Waals surface area (Å²) < 4.78 is 26.6. The fraction of sp³-hybridized carbons (Fsp3) is 0.833. The molecule has 1 rings (SSSR count). The second kappa shape index (κ2) is 7.88. The number of carbonyl (C=O) groups is 1. The SMILES string of the molecule is O=C(O)[C@H]1OC(O)[C@H](O)[C@@H](O)[C@@H]1O.O=P(O)(O)OP(=O)(O)O. The summed E-state index contributed by atoms with van der Waals surface area (Å²) >= 11 is 0. The molecule has 1 aliphatic rings. The van der Waals surface area contributed by atoms with Crippen LogP contribution in [0.15, 0.2) is 0 Å². The maximum absolute atomic E-state index is 10.4. The first-order chi connectivity index (χ1) is 9.65. The Morgan fingerprint density at radius 2 is 1.27 bits per heavy atom. The van der Waals surface area contributed by atoms with Crippen LogP contribution in [0.2, 0.25) is 0 Å². The molecule has 1 fully saturated rings. The van der Waals surface area contributed by atoms with Gasteiger partial charge in [0.15, 0.2) is 12.4 Å². The van der Waals surface area contributed by atoms with Crippen molar-refractivity contribution in [3.05, 3.63) is 0 Å². The third-order valence-electron chi connectivity index (χ3n) is 2.04. The lowest BCUT2D eigenvalue weighted by Crippen LogP contribution is -2.59. The molecule has 0 radical (unpaired) electrons. The number of hydrogen-bond donors (Lipinski definition) is 9. The molecule has 0 aliphatic carbocycles. The summed E-state index contributed by atoms with van der Waals surface area (Å²) in [5, 5.41) is 44.4. The summed E-state index contributed by atoms with van der Waals surface area (Å²) in [6, 6.07) is 0. The fourth-order valence-corrected chi connectivity index (χ4v) is 2.31. The lowest BCUT2D eigenvalue weighted by Gasteiger charge is -2.36. The zero-order valence-electron chi connectivity index (χ0n) is 10.3. The number of aliphatic carboxylic acids is 1. The van der Waals surface area contributed by atoms with Crippen LogP contribution in [0.5, 0.6) is 0 Å². The van der Waals surface area contributed by atoms with Gasteiger partial charge in [0, 0.05) is 0 Å². The third kappa shape index (κ3) is 7.69. The number of aliphatic hydroxyl groups excluding tert-OH is 4. The van der Waals surface area contributed by atoms with Gasteiger partial charge in [0.25, 0.3) is 0 Å². The third-order valence-corrected chi connectivity index (χ3v) is 3.75. The van der Waals surface area contributed by atoms with Gasteiger partial charge in [0.1, 0.15) is 18.3 Å². The van der Waals surface area contributed by atoms with E-state index < -0.39 is 52.3 Å². The molecule has 0 bridgehead atoms. The van der Waals surface area contributed by atoms with E-state index in [4.69, 9.17) is 45.1 Å². The van der Waals surface area contributed by atoms with Crippen LogP contribution in [0.1, 0.15) is 0 Å². The molecule has 9 N–H and O–H groups in total. The molecule has 0 aromatic heterocycles. The zero-order chi connectivity index (χ0) is 17.9. The maximum Gasteiger partial charge on any atom is 0.478 e. The maximum atomic E-state index is 10.4. The van der Waals surface area contributed by atoms with Gasteiger partial charge in [-0.15, -0.1) is 0 Å². The first-order valence-corrected chi connectivity index (χ1v) is 8.14. The van der Waals surface area contributed by atoms with Crippen molar-refractivity contribution in [3.8, 4) is 0 Å². The van der Waals surface area contributed by atoms with Crippen LogP contribution >= 0.6 is 15.6 Å². The minimum absolute atomic E-state index is 1.52. The smallest absolute Gasteiger partial charge is 0.478 e. The molecule has 22 heavy (non-hydrogen) atoms. The Balaban J connectivity index is 0.000000433. The van der Waals surface area contributed by atoms with Crippen LogP contribution in [-0.4, -0.2) is 81.8 Å². The Morgan fingerprint density at radius 1 is 0.864 bits per heavy atom. The number of carboxylic acids is 1. The first-order valence-electron chi connectivity index (χ1n) is 5.08. The molecule has 132 valence electrons. The van der Waals surface area contributed by atoms with E-state index >= 15 is 0 Å². The van der Waals surface area contributed by atoms with Crippen LogP contribution < -0.4 is 0 Å². The highest BCUT2D eigenvalue weighted by atomic mass is 31.3. The minimum atomic E-state index is -5.05. The molecule has 0 spiro atoms. The number of phosphoric acid groups is 2. The number of ether oxygens (including phenoxy) is 1. The molecule has 0 aromatic carbocycles. The summed E-state index contributed by atoms with van der Waals surface area (Å²) in [7, 11) is -10.1. The second-order valence-electron chi connectivity index (χ2n) is 3.82. The van der Waals surface area contributed by atoms with Crippen LogP contribution in [0.25, 0.3) is 0 Å². The van der Waals surface area contributed by atoms with E-state index in [1.807, 2.05) is 0 Å². The fourth-order valence-electron chi connectivity index (χ4n) is 1.20. The molecule has 16 heteroatoms. The summed E-state index contributed by atoms with van der Waals surface area (Å²) in [5.41, 5.74) is 0. The summed E-state index contributed by atoms with van der Waals surface area (Å²) in [4.78, 5) is 41.4. The van der Waals surface area contributed by atoms with Gasteiger partial charge in [0.2, 0.25) is 0 Å². The highest BCUT2D eigenvalue weighted by molar-refractivity contribution is 7.60. The molecule has 0 amide bonds. The van der Waals surface area contributed by atoms with Gasteiger partial charge in [-0.05, 0) is 0 Å². The average Bonchev–Trinajstić information content (AvgIpc) is 2.26. The van der Waals surface area contributed by atoms with E-state index in [2.05, 4.69) is 9.05 Å². The van der Waals surface area contributed by atoms with Crippen molar-refractivity contribution in [3.63, 3.8) is 0 Å². The van der Waals surface area contributed by atoms with Gasteiger partial charge >= 0.3 is 21.6 Å². The van der Waals surface area contributed by atoms with Crippen LogP contribution in [0.3, 0.4) is 0 Å². The predicted octanol–water partition coefficient (Wildman–Crippen LogP) is -3.94. The van der Waals surface area contributed by atoms with E-state index in [-0.39, 0.29) is 0 Å². The predicted molar refractivity (Wildman–Crippen MR) is 61.7 cm³/mol. The Labute approximate surface area is 121 Å². The summed E-state index contributed by atoms with van der Waals surface area (Å²) in [5.74, 6) is -1.52. The van der Waals surface area contributed by atoms with Gasteiger partial charge in [0.05, 0.1) is 0 Å². The quantitative estimate of drug-likeness (QED) is 0.214. The van der Waals surface area contributed by atoms with Crippen LogP contribution in [0.4, 0.5) is 0 Å². The van der Waals surface area contributed by atoms with Gasteiger partial charge in [-0.25, -0.2) is 13.9 Å². The van der Waals surface area contributed by atoms with Crippen molar-refractivity contribution in [1.82, 2.24) is 0 Å².